The highest BCUT2D eigenvalue weighted by Gasteiger charge is 2.35. The van der Waals surface area contributed by atoms with E-state index in [1.165, 1.54) is 12.3 Å². The van der Waals surface area contributed by atoms with Crippen molar-refractivity contribution in [3.63, 3.8) is 0 Å². The van der Waals surface area contributed by atoms with Crippen molar-refractivity contribution in [3.05, 3.63) is 28.3 Å². The average molecular weight is 443 g/mol. The fourth-order valence-corrected chi connectivity index (χ4v) is 5.43. The van der Waals surface area contributed by atoms with Crippen molar-refractivity contribution in [2.45, 2.75) is 32.9 Å². The molecule has 0 N–H and O–H groups in total. The monoisotopic (exact) mass is 442 g/mol. The van der Waals surface area contributed by atoms with Crippen LogP contribution in [0, 0.1) is 5.92 Å². The van der Waals surface area contributed by atoms with Crippen LogP contribution in [-0.4, -0.2) is 81.1 Å². The maximum Gasteiger partial charge on any atom is 0.260 e. The molecule has 168 valence electrons. The molecule has 30 heavy (non-hydrogen) atoms. The van der Waals surface area contributed by atoms with Crippen LogP contribution in [0.5, 0.6) is 5.75 Å². The molecule has 1 amide bonds. The van der Waals surface area contributed by atoms with E-state index in [1.54, 1.807) is 4.90 Å². The quantitative estimate of drug-likeness (QED) is 0.574. The molecule has 2 saturated heterocycles. The molecular formula is C20H30N2O7S. The molecule has 2 aliphatic rings. The Balaban J connectivity index is 1.59. The van der Waals surface area contributed by atoms with Crippen molar-refractivity contribution in [2.24, 2.45) is 5.92 Å². The average Bonchev–Trinajstić information content (AvgIpc) is 3.05. The number of rotatable bonds is 8. The lowest BCUT2D eigenvalue weighted by Gasteiger charge is -2.29. The van der Waals surface area contributed by atoms with Gasteiger partial charge in [-0.3, -0.25) is 14.5 Å². The molecule has 0 aromatic carbocycles. The molecule has 9 nitrogen and oxygen atoms in total. The smallest absolute Gasteiger partial charge is 0.260 e. The zero-order chi connectivity index (χ0) is 21.7. The largest absolute Gasteiger partial charge is 0.477 e. The zero-order valence-corrected chi connectivity index (χ0v) is 18.4. The summed E-state index contributed by atoms with van der Waals surface area (Å²) >= 11 is 0. The van der Waals surface area contributed by atoms with Crippen LogP contribution in [0.25, 0.3) is 0 Å². The standard InChI is InChI=1S/C20H30N2O7S/c1-15(2)10-22(16-3-8-30(25,26)14-16)20(24)13-29-19-12-28-17(9-18(19)23)11-21-4-6-27-7-5-21/h9,12,15-16H,3-8,10-11,13-14H2,1-2H3/t16-/m1/s1. The number of sulfone groups is 1. The summed E-state index contributed by atoms with van der Waals surface area (Å²) in [6.45, 7) is 7.41. The van der Waals surface area contributed by atoms with Gasteiger partial charge in [-0.1, -0.05) is 13.8 Å². The van der Waals surface area contributed by atoms with E-state index in [0.717, 1.165) is 13.1 Å². The maximum absolute atomic E-state index is 12.7. The van der Waals surface area contributed by atoms with Crippen LogP contribution in [0.3, 0.4) is 0 Å². The summed E-state index contributed by atoms with van der Waals surface area (Å²) in [6, 6.07) is 1.03. The van der Waals surface area contributed by atoms with Gasteiger partial charge in [0, 0.05) is 31.7 Å². The van der Waals surface area contributed by atoms with Crippen molar-refractivity contribution in [1.82, 2.24) is 9.80 Å². The maximum atomic E-state index is 12.7. The van der Waals surface area contributed by atoms with Gasteiger partial charge < -0.3 is 18.8 Å². The molecule has 1 aromatic heterocycles. The molecule has 0 saturated carbocycles. The number of carbonyl (C=O) groups is 1. The van der Waals surface area contributed by atoms with Gasteiger partial charge in [-0.05, 0) is 12.3 Å². The van der Waals surface area contributed by atoms with E-state index in [2.05, 4.69) is 4.90 Å². The van der Waals surface area contributed by atoms with E-state index < -0.39 is 9.84 Å². The van der Waals surface area contributed by atoms with E-state index in [9.17, 15) is 18.0 Å². The number of hydrogen-bond donors (Lipinski definition) is 0. The summed E-state index contributed by atoms with van der Waals surface area (Å²) in [5.41, 5.74) is -0.351. The molecule has 3 rings (SSSR count). The third-order valence-electron chi connectivity index (χ3n) is 5.22. The summed E-state index contributed by atoms with van der Waals surface area (Å²) in [6.07, 6.45) is 1.66. The van der Waals surface area contributed by atoms with Gasteiger partial charge in [-0.2, -0.15) is 0 Å². The predicted molar refractivity (Wildman–Crippen MR) is 110 cm³/mol. The van der Waals surface area contributed by atoms with Crippen LogP contribution in [0.4, 0.5) is 0 Å². The van der Waals surface area contributed by atoms with Gasteiger partial charge in [-0.15, -0.1) is 0 Å². The van der Waals surface area contributed by atoms with E-state index in [-0.39, 0.29) is 47.2 Å². The lowest BCUT2D eigenvalue weighted by atomic mass is 10.1. The van der Waals surface area contributed by atoms with Crippen LogP contribution in [0.2, 0.25) is 0 Å². The molecule has 0 aliphatic carbocycles. The topological polar surface area (TPSA) is 106 Å². The summed E-state index contributed by atoms with van der Waals surface area (Å²) in [5.74, 6) is 0.415. The first-order chi connectivity index (χ1) is 14.2. The third-order valence-corrected chi connectivity index (χ3v) is 6.97. The second kappa shape index (κ2) is 9.93. The molecule has 2 fully saturated rings. The number of ether oxygens (including phenoxy) is 2. The SMILES string of the molecule is CC(C)CN(C(=O)COc1coc(CN2CCOCC2)cc1=O)[C@@H]1CCS(=O)(=O)C1. The van der Waals surface area contributed by atoms with Crippen molar-refractivity contribution in [2.75, 3.05) is 51.0 Å². The molecule has 1 aromatic rings. The Morgan fingerprint density at radius 2 is 2.07 bits per heavy atom. The van der Waals surface area contributed by atoms with Crippen LogP contribution in [0.1, 0.15) is 26.0 Å². The molecule has 0 unspecified atom stereocenters. The van der Waals surface area contributed by atoms with E-state index >= 15 is 0 Å². The van der Waals surface area contributed by atoms with Gasteiger partial charge in [0.05, 0.1) is 31.3 Å². The Morgan fingerprint density at radius 3 is 2.67 bits per heavy atom. The van der Waals surface area contributed by atoms with E-state index in [4.69, 9.17) is 13.9 Å². The molecule has 1 atom stereocenters. The molecule has 0 radical (unpaired) electrons. The van der Waals surface area contributed by atoms with Crippen LogP contribution >= 0.6 is 0 Å². The van der Waals surface area contributed by atoms with E-state index in [0.29, 0.717) is 38.5 Å². The van der Waals surface area contributed by atoms with Gasteiger partial charge >= 0.3 is 0 Å². The number of nitrogens with zero attached hydrogens (tertiary/aromatic N) is 2. The fraction of sp³-hybridized carbons (Fsp3) is 0.700. The van der Waals surface area contributed by atoms with Gasteiger partial charge in [0.1, 0.15) is 12.0 Å². The Bertz CT molecular complexity index is 891. The number of amides is 1. The summed E-state index contributed by atoms with van der Waals surface area (Å²) in [7, 11) is -3.11. The van der Waals surface area contributed by atoms with Crippen molar-refractivity contribution in [3.8, 4) is 5.75 Å². The minimum absolute atomic E-state index is 0.0240. The Kier molecular flexibility index (Phi) is 7.54. The van der Waals surface area contributed by atoms with Crippen molar-refractivity contribution >= 4 is 15.7 Å². The number of carbonyl (C=O) groups excluding carboxylic acids is 1. The fourth-order valence-electron chi connectivity index (χ4n) is 3.70. The predicted octanol–water partition coefficient (Wildman–Crippen LogP) is 0.523. The molecule has 2 aliphatic heterocycles. The summed E-state index contributed by atoms with van der Waals surface area (Å²) < 4.78 is 39.9. The molecule has 0 bridgehead atoms. The van der Waals surface area contributed by atoms with Gasteiger partial charge in [0.2, 0.25) is 11.2 Å². The first-order valence-electron chi connectivity index (χ1n) is 10.3. The highest BCUT2D eigenvalue weighted by atomic mass is 32.2. The van der Waals surface area contributed by atoms with Crippen molar-refractivity contribution < 1.29 is 27.1 Å². The molecule has 0 spiro atoms. The van der Waals surface area contributed by atoms with Crippen LogP contribution in [-0.2, 0) is 25.9 Å². The van der Waals surface area contributed by atoms with Gasteiger partial charge in [0.25, 0.3) is 5.91 Å². The van der Waals surface area contributed by atoms with Crippen molar-refractivity contribution in [1.29, 1.82) is 0 Å². The van der Waals surface area contributed by atoms with Gasteiger partial charge in [0.15, 0.2) is 16.4 Å². The van der Waals surface area contributed by atoms with Gasteiger partial charge in [-0.25, -0.2) is 8.42 Å². The minimum atomic E-state index is -3.11. The highest BCUT2D eigenvalue weighted by Crippen LogP contribution is 2.19. The summed E-state index contributed by atoms with van der Waals surface area (Å²) in [5, 5.41) is 0. The zero-order valence-electron chi connectivity index (χ0n) is 17.5. The third kappa shape index (κ3) is 6.29. The first kappa shape index (κ1) is 22.8. The molecule has 10 heteroatoms. The van der Waals surface area contributed by atoms with Crippen LogP contribution in [0.15, 0.2) is 21.5 Å². The summed E-state index contributed by atoms with van der Waals surface area (Å²) in [4.78, 5) is 28.8. The lowest BCUT2D eigenvalue weighted by Crippen LogP contribution is -2.45. The Labute approximate surface area is 176 Å². The van der Waals surface area contributed by atoms with E-state index in [1.807, 2.05) is 13.8 Å². The number of morpholine rings is 1. The normalized spacial score (nSPS) is 21.6. The first-order valence-corrected chi connectivity index (χ1v) is 12.1. The Hall–Kier alpha value is -1.91. The Morgan fingerprint density at radius 1 is 1.33 bits per heavy atom. The highest BCUT2D eigenvalue weighted by molar-refractivity contribution is 7.91. The minimum Gasteiger partial charge on any atom is -0.477 e. The van der Waals surface area contributed by atoms with Crippen LogP contribution < -0.4 is 10.2 Å². The second-order valence-electron chi connectivity index (χ2n) is 8.25. The molecular weight excluding hydrogens is 412 g/mol. The lowest BCUT2D eigenvalue weighted by molar-refractivity contribution is -0.135. The molecule has 3 heterocycles. The number of hydrogen-bond acceptors (Lipinski definition) is 8. The second-order valence-corrected chi connectivity index (χ2v) is 10.5.